The average Bonchev–Trinajstić information content (AvgIpc) is 2.64. The van der Waals surface area contributed by atoms with E-state index >= 15 is 0 Å². The summed E-state index contributed by atoms with van der Waals surface area (Å²) >= 11 is 8.70. The van der Waals surface area contributed by atoms with Crippen LogP contribution in [0.25, 0.3) is 0 Å². The number of rotatable bonds is 4. The normalized spacial score (nSPS) is 10.6. The van der Waals surface area contributed by atoms with E-state index in [0.29, 0.717) is 0 Å². The molecule has 1 heterocycles. The smallest absolute Gasteiger partial charge is 0.0701 e. The Morgan fingerprint density at radius 3 is 2.62 bits per heavy atom. The first-order valence-electron chi connectivity index (χ1n) is 4.93. The van der Waals surface area contributed by atoms with Crippen LogP contribution in [0.15, 0.2) is 44.7 Å². The molecule has 1 N–H and O–H groups in total. The lowest BCUT2D eigenvalue weighted by Crippen LogP contribution is -2.11. The molecular weight excluding hydrogens is 350 g/mol. The largest absolute Gasteiger partial charge is 0.308 e. The minimum absolute atomic E-state index is 0.898. The molecule has 1 aromatic heterocycles. The fourth-order valence-corrected chi connectivity index (χ4v) is 3.32. The maximum atomic E-state index is 3.47. The minimum atomic E-state index is 0.898. The molecule has 0 radical (unpaired) electrons. The van der Waals surface area contributed by atoms with Crippen molar-refractivity contribution in [3.05, 3.63) is 55.1 Å². The predicted molar refractivity (Wildman–Crippen MR) is 76.7 cm³/mol. The van der Waals surface area contributed by atoms with Crippen LogP contribution in [-0.4, -0.2) is 0 Å². The molecule has 0 aliphatic heterocycles. The fourth-order valence-electron chi connectivity index (χ4n) is 1.42. The highest BCUT2D eigenvalue weighted by Gasteiger charge is 1.98. The first-order chi connectivity index (χ1) is 7.74. The molecule has 0 saturated carbocycles. The Balaban J connectivity index is 1.84. The van der Waals surface area contributed by atoms with Gasteiger partial charge in [0.15, 0.2) is 0 Å². The van der Waals surface area contributed by atoms with E-state index in [9.17, 15) is 0 Å². The van der Waals surface area contributed by atoms with Crippen molar-refractivity contribution in [1.29, 1.82) is 0 Å². The van der Waals surface area contributed by atoms with Crippen LogP contribution in [0.5, 0.6) is 0 Å². The third-order valence-electron chi connectivity index (χ3n) is 2.15. The molecule has 0 saturated heterocycles. The topological polar surface area (TPSA) is 12.0 Å². The maximum Gasteiger partial charge on any atom is 0.0701 e. The molecule has 0 amide bonds. The van der Waals surface area contributed by atoms with Crippen LogP contribution in [-0.2, 0) is 13.1 Å². The summed E-state index contributed by atoms with van der Waals surface area (Å²) < 4.78 is 2.32. The second kappa shape index (κ2) is 5.96. The molecule has 0 unspecified atom stereocenters. The molecule has 1 nitrogen and oxygen atoms in total. The van der Waals surface area contributed by atoms with E-state index in [1.54, 1.807) is 11.3 Å². The molecule has 2 aromatic rings. The van der Waals surface area contributed by atoms with E-state index in [1.165, 1.54) is 14.2 Å². The minimum Gasteiger partial charge on any atom is -0.308 e. The fraction of sp³-hybridized carbons (Fsp3) is 0.167. The second-order valence-electron chi connectivity index (χ2n) is 3.44. The van der Waals surface area contributed by atoms with Gasteiger partial charge in [0.2, 0.25) is 0 Å². The molecule has 0 bridgehead atoms. The highest BCUT2D eigenvalue weighted by Crippen LogP contribution is 2.21. The van der Waals surface area contributed by atoms with Crippen molar-refractivity contribution in [3.63, 3.8) is 0 Å². The maximum absolute atomic E-state index is 3.47. The van der Waals surface area contributed by atoms with Gasteiger partial charge in [0.1, 0.15) is 0 Å². The van der Waals surface area contributed by atoms with Crippen LogP contribution in [0.2, 0.25) is 0 Å². The molecule has 0 fully saturated rings. The summed E-state index contributed by atoms with van der Waals surface area (Å²) in [6, 6.07) is 12.6. The van der Waals surface area contributed by atoms with E-state index in [1.807, 2.05) is 6.07 Å². The van der Waals surface area contributed by atoms with Crippen molar-refractivity contribution in [1.82, 2.24) is 5.32 Å². The van der Waals surface area contributed by atoms with Crippen molar-refractivity contribution < 1.29 is 0 Å². The molecule has 84 valence electrons. The lowest BCUT2D eigenvalue weighted by Gasteiger charge is -2.03. The third-order valence-corrected chi connectivity index (χ3v) is 4.26. The zero-order valence-electron chi connectivity index (χ0n) is 8.54. The molecular formula is C12H11Br2NS. The number of halogens is 2. The standard InChI is InChI=1S/C12H11Br2NS/c13-10-3-1-2-9(6-10)7-15-8-11-4-5-12(14)16-11/h1-6,15H,7-8H2. The highest BCUT2D eigenvalue weighted by molar-refractivity contribution is 9.11. The molecule has 0 spiro atoms. The van der Waals surface area contributed by atoms with Gasteiger partial charge in [0, 0.05) is 22.4 Å². The Hall–Kier alpha value is -0.160. The number of thiophene rings is 1. The summed E-state index contributed by atoms with van der Waals surface area (Å²) in [5.41, 5.74) is 1.30. The Bertz CT molecular complexity index is 468. The summed E-state index contributed by atoms with van der Waals surface area (Å²) in [4.78, 5) is 1.35. The average molecular weight is 361 g/mol. The number of nitrogens with one attached hydrogen (secondary N) is 1. The van der Waals surface area contributed by atoms with Crippen molar-refractivity contribution in [3.8, 4) is 0 Å². The van der Waals surface area contributed by atoms with Gasteiger partial charge >= 0.3 is 0 Å². The van der Waals surface area contributed by atoms with Crippen LogP contribution in [0, 0.1) is 0 Å². The first kappa shape index (κ1) is 12.3. The van der Waals surface area contributed by atoms with Gasteiger partial charge in [0.05, 0.1) is 3.79 Å². The van der Waals surface area contributed by atoms with Gasteiger partial charge < -0.3 is 5.32 Å². The monoisotopic (exact) mass is 359 g/mol. The SMILES string of the molecule is Brc1cccc(CNCc2ccc(Br)s2)c1. The van der Waals surface area contributed by atoms with Gasteiger partial charge in [-0.25, -0.2) is 0 Å². The van der Waals surface area contributed by atoms with Crippen molar-refractivity contribution in [2.75, 3.05) is 0 Å². The zero-order valence-corrected chi connectivity index (χ0v) is 12.5. The van der Waals surface area contributed by atoms with Crippen LogP contribution >= 0.6 is 43.2 Å². The van der Waals surface area contributed by atoms with Crippen LogP contribution in [0.4, 0.5) is 0 Å². The van der Waals surface area contributed by atoms with Gasteiger partial charge in [-0.1, -0.05) is 28.1 Å². The van der Waals surface area contributed by atoms with Crippen LogP contribution in [0.3, 0.4) is 0 Å². The van der Waals surface area contributed by atoms with E-state index < -0.39 is 0 Å². The quantitative estimate of drug-likeness (QED) is 0.842. The molecule has 16 heavy (non-hydrogen) atoms. The lowest BCUT2D eigenvalue weighted by molar-refractivity contribution is 0.701. The summed E-state index contributed by atoms with van der Waals surface area (Å²) in [7, 11) is 0. The Kier molecular flexibility index (Phi) is 4.58. The molecule has 4 heteroatoms. The van der Waals surface area contributed by atoms with Gasteiger partial charge in [-0.05, 0) is 45.8 Å². The van der Waals surface area contributed by atoms with Crippen LogP contribution in [0.1, 0.15) is 10.4 Å². The van der Waals surface area contributed by atoms with Gasteiger partial charge in [-0.2, -0.15) is 0 Å². The third kappa shape index (κ3) is 3.70. The van der Waals surface area contributed by atoms with Crippen LogP contribution < -0.4 is 5.32 Å². The highest BCUT2D eigenvalue weighted by atomic mass is 79.9. The van der Waals surface area contributed by atoms with E-state index in [-0.39, 0.29) is 0 Å². The van der Waals surface area contributed by atoms with E-state index in [0.717, 1.165) is 17.6 Å². The first-order valence-corrected chi connectivity index (χ1v) is 7.33. The summed E-state index contributed by atoms with van der Waals surface area (Å²) in [5.74, 6) is 0. The number of benzene rings is 1. The van der Waals surface area contributed by atoms with Crippen molar-refractivity contribution in [2.24, 2.45) is 0 Å². The van der Waals surface area contributed by atoms with Gasteiger partial charge in [0.25, 0.3) is 0 Å². The predicted octanol–water partition coefficient (Wildman–Crippen LogP) is 4.56. The summed E-state index contributed by atoms with van der Waals surface area (Å²) in [6.07, 6.45) is 0. The van der Waals surface area contributed by atoms with Crippen molar-refractivity contribution in [2.45, 2.75) is 13.1 Å². The Labute approximate surface area is 116 Å². The van der Waals surface area contributed by atoms with Gasteiger partial charge in [-0.3, -0.25) is 0 Å². The zero-order chi connectivity index (χ0) is 11.4. The Morgan fingerprint density at radius 1 is 1.06 bits per heavy atom. The van der Waals surface area contributed by atoms with E-state index in [4.69, 9.17) is 0 Å². The molecule has 0 aliphatic rings. The summed E-state index contributed by atoms with van der Waals surface area (Å²) in [5, 5.41) is 3.43. The summed E-state index contributed by atoms with van der Waals surface area (Å²) in [6.45, 7) is 1.82. The number of hydrogen-bond acceptors (Lipinski definition) is 2. The number of hydrogen-bond donors (Lipinski definition) is 1. The van der Waals surface area contributed by atoms with E-state index in [2.05, 4.69) is 67.5 Å². The second-order valence-corrected chi connectivity index (χ2v) is 6.90. The molecule has 1 aromatic carbocycles. The molecule has 0 aliphatic carbocycles. The lowest BCUT2D eigenvalue weighted by atomic mass is 10.2. The Morgan fingerprint density at radius 2 is 1.94 bits per heavy atom. The van der Waals surface area contributed by atoms with Gasteiger partial charge in [-0.15, -0.1) is 11.3 Å². The molecule has 2 rings (SSSR count). The molecule has 0 atom stereocenters. The van der Waals surface area contributed by atoms with Crippen molar-refractivity contribution >= 4 is 43.2 Å².